The molecular formula is C26H27F3N2O3. The van der Waals surface area contributed by atoms with E-state index in [2.05, 4.69) is 4.98 Å². The molecule has 0 aliphatic carbocycles. The van der Waals surface area contributed by atoms with Gasteiger partial charge in [-0.25, -0.2) is 9.78 Å². The molecule has 8 heteroatoms. The van der Waals surface area contributed by atoms with Gasteiger partial charge in [-0.2, -0.15) is 13.2 Å². The molecule has 1 atom stereocenters. The molecule has 0 amide bonds. The van der Waals surface area contributed by atoms with Crippen LogP contribution in [0.1, 0.15) is 35.0 Å². The second kappa shape index (κ2) is 10.3. The average molecular weight is 473 g/mol. The number of halogens is 3. The number of nitrogens with zero attached hydrogens (tertiary/aromatic N) is 2. The van der Waals surface area contributed by atoms with Gasteiger partial charge in [0.15, 0.2) is 0 Å². The van der Waals surface area contributed by atoms with E-state index in [-0.39, 0.29) is 29.8 Å². The summed E-state index contributed by atoms with van der Waals surface area (Å²) in [5.41, 5.74) is 1.88. The molecule has 0 saturated heterocycles. The fourth-order valence-corrected chi connectivity index (χ4v) is 3.51. The van der Waals surface area contributed by atoms with Gasteiger partial charge in [-0.1, -0.05) is 30.3 Å². The van der Waals surface area contributed by atoms with Crippen LogP contribution in [-0.4, -0.2) is 47.7 Å². The van der Waals surface area contributed by atoms with Crippen LogP contribution in [0, 0.1) is 6.92 Å². The first-order chi connectivity index (χ1) is 16.0. The van der Waals surface area contributed by atoms with Crippen molar-refractivity contribution in [3.05, 3.63) is 71.4 Å². The largest absolute Gasteiger partial charge is 0.493 e. The summed E-state index contributed by atoms with van der Waals surface area (Å²) >= 11 is 0. The van der Waals surface area contributed by atoms with Gasteiger partial charge in [0.25, 0.3) is 0 Å². The number of hydrogen-bond donors (Lipinski definition) is 1. The number of aromatic nitrogens is 1. The van der Waals surface area contributed by atoms with E-state index in [0.29, 0.717) is 17.5 Å². The third-order valence-electron chi connectivity index (χ3n) is 5.78. The van der Waals surface area contributed by atoms with E-state index in [1.165, 1.54) is 18.2 Å². The molecule has 0 bridgehead atoms. The summed E-state index contributed by atoms with van der Waals surface area (Å²) in [6, 6.07) is 14.2. The van der Waals surface area contributed by atoms with Crippen molar-refractivity contribution in [2.24, 2.45) is 0 Å². The van der Waals surface area contributed by atoms with Gasteiger partial charge < -0.3 is 14.7 Å². The van der Waals surface area contributed by atoms with Crippen molar-refractivity contribution in [3.8, 4) is 28.1 Å². The van der Waals surface area contributed by atoms with Gasteiger partial charge in [0, 0.05) is 17.2 Å². The maximum atomic E-state index is 13.7. The Morgan fingerprint density at radius 3 is 2.41 bits per heavy atom. The fourth-order valence-electron chi connectivity index (χ4n) is 3.51. The molecule has 0 aliphatic heterocycles. The zero-order valence-corrected chi connectivity index (χ0v) is 19.5. The van der Waals surface area contributed by atoms with Crippen molar-refractivity contribution in [3.63, 3.8) is 0 Å². The first-order valence-electron chi connectivity index (χ1n) is 10.8. The Balaban J connectivity index is 2.12. The van der Waals surface area contributed by atoms with Crippen molar-refractivity contribution < 1.29 is 27.8 Å². The first kappa shape index (κ1) is 25.2. The third-order valence-corrected chi connectivity index (χ3v) is 5.78. The van der Waals surface area contributed by atoms with Crippen LogP contribution >= 0.6 is 0 Å². The lowest BCUT2D eigenvalue weighted by Crippen LogP contribution is -2.26. The van der Waals surface area contributed by atoms with Crippen molar-refractivity contribution in [2.45, 2.75) is 32.5 Å². The second-order valence-corrected chi connectivity index (χ2v) is 8.37. The standard InChI is InChI=1S/C26H27F3N2O3/c1-16-7-5-6-8-19(16)20-10-12-22(25(32)33)30-24(20)18-9-11-21(26(27,28)29)23(15-18)34-14-13-17(2)31(3)4/h5-12,15,17H,13-14H2,1-4H3,(H,32,33). The van der Waals surface area contributed by atoms with Crippen molar-refractivity contribution in [1.29, 1.82) is 0 Å². The van der Waals surface area contributed by atoms with E-state index in [0.717, 1.165) is 17.2 Å². The van der Waals surface area contributed by atoms with E-state index in [1.807, 2.05) is 57.1 Å². The lowest BCUT2D eigenvalue weighted by molar-refractivity contribution is -0.139. The Morgan fingerprint density at radius 2 is 1.79 bits per heavy atom. The third kappa shape index (κ3) is 5.75. The Morgan fingerprint density at radius 1 is 1.09 bits per heavy atom. The monoisotopic (exact) mass is 472 g/mol. The summed E-state index contributed by atoms with van der Waals surface area (Å²) in [6.07, 6.45) is -4.06. The summed E-state index contributed by atoms with van der Waals surface area (Å²) in [7, 11) is 3.78. The molecule has 0 fully saturated rings. The summed E-state index contributed by atoms with van der Waals surface area (Å²) in [4.78, 5) is 17.8. The zero-order valence-electron chi connectivity index (χ0n) is 19.5. The van der Waals surface area contributed by atoms with Gasteiger partial charge in [0.05, 0.1) is 17.9 Å². The smallest absolute Gasteiger partial charge is 0.419 e. The van der Waals surface area contributed by atoms with Gasteiger partial charge in [-0.05, 0) is 69.8 Å². The Kier molecular flexibility index (Phi) is 7.61. The number of rotatable bonds is 8. The summed E-state index contributed by atoms with van der Waals surface area (Å²) in [5, 5.41) is 9.45. The molecule has 0 radical (unpaired) electrons. The predicted molar refractivity (Wildman–Crippen MR) is 125 cm³/mol. The number of carboxylic acids is 1. The van der Waals surface area contributed by atoms with Crippen molar-refractivity contribution >= 4 is 5.97 Å². The van der Waals surface area contributed by atoms with E-state index in [9.17, 15) is 23.1 Å². The zero-order chi connectivity index (χ0) is 25.0. The van der Waals surface area contributed by atoms with Crippen LogP contribution in [0.15, 0.2) is 54.6 Å². The summed E-state index contributed by atoms with van der Waals surface area (Å²) in [6.45, 7) is 3.96. The predicted octanol–water partition coefficient (Wildman–Crippen LogP) is 6.16. The van der Waals surface area contributed by atoms with Gasteiger partial charge in [0.2, 0.25) is 0 Å². The van der Waals surface area contributed by atoms with Gasteiger partial charge in [-0.15, -0.1) is 0 Å². The second-order valence-electron chi connectivity index (χ2n) is 8.37. The van der Waals surface area contributed by atoms with E-state index >= 15 is 0 Å². The molecule has 5 nitrogen and oxygen atoms in total. The van der Waals surface area contributed by atoms with Gasteiger partial charge in [0.1, 0.15) is 11.4 Å². The molecular weight excluding hydrogens is 445 g/mol. The number of aryl methyl sites for hydroxylation is 1. The normalized spacial score (nSPS) is 12.6. The number of alkyl halides is 3. The Labute approximate surface area is 196 Å². The van der Waals surface area contributed by atoms with Crippen LogP contribution in [0.4, 0.5) is 13.2 Å². The quantitative estimate of drug-likeness (QED) is 0.425. The minimum absolute atomic E-state index is 0.0964. The summed E-state index contributed by atoms with van der Waals surface area (Å²) in [5.74, 6) is -1.53. The number of carbonyl (C=O) groups is 1. The molecule has 1 aromatic heterocycles. The van der Waals surface area contributed by atoms with Crippen LogP contribution in [0.2, 0.25) is 0 Å². The lowest BCUT2D eigenvalue weighted by Gasteiger charge is -2.21. The molecule has 180 valence electrons. The number of hydrogen-bond acceptors (Lipinski definition) is 4. The highest BCUT2D eigenvalue weighted by molar-refractivity contribution is 5.90. The Hall–Kier alpha value is -3.39. The maximum Gasteiger partial charge on any atom is 0.419 e. The Bertz CT molecular complexity index is 1180. The van der Waals surface area contributed by atoms with E-state index in [4.69, 9.17) is 4.74 Å². The number of benzene rings is 2. The van der Waals surface area contributed by atoms with E-state index in [1.54, 1.807) is 6.07 Å². The molecule has 0 aliphatic rings. The average Bonchev–Trinajstić information content (AvgIpc) is 2.78. The molecule has 2 aromatic carbocycles. The molecule has 0 saturated carbocycles. The minimum atomic E-state index is -4.60. The number of ether oxygens (including phenoxy) is 1. The molecule has 3 rings (SSSR count). The minimum Gasteiger partial charge on any atom is -0.493 e. The first-order valence-corrected chi connectivity index (χ1v) is 10.8. The van der Waals surface area contributed by atoms with Crippen LogP contribution in [0.3, 0.4) is 0 Å². The van der Waals surface area contributed by atoms with Crippen LogP contribution in [-0.2, 0) is 6.18 Å². The number of aromatic carboxylic acids is 1. The molecule has 1 unspecified atom stereocenters. The van der Waals surface area contributed by atoms with Crippen LogP contribution < -0.4 is 4.74 Å². The van der Waals surface area contributed by atoms with Crippen molar-refractivity contribution in [2.75, 3.05) is 20.7 Å². The van der Waals surface area contributed by atoms with Crippen LogP contribution in [0.5, 0.6) is 5.75 Å². The fraction of sp³-hybridized carbons (Fsp3) is 0.308. The number of pyridine rings is 1. The topological polar surface area (TPSA) is 62.7 Å². The highest BCUT2D eigenvalue weighted by Crippen LogP contribution is 2.40. The molecule has 3 aromatic rings. The van der Waals surface area contributed by atoms with Gasteiger partial charge >= 0.3 is 12.1 Å². The van der Waals surface area contributed by atoms with E-state index < -0.39 is 17.7 Å². The SMILES string of the molecule is Cc1ccccc1-c1ccc(C(=O)O)nc1-c1ccc(C(F)(F)F)c(OCCC(C)N(C)C)c1. The highest BCUT2D eigenvalue weighted by Gasteiger charge is 2.35. The molecule has 0 spiro atoms. The maximum absolute atomic E-state index is 13.7. The highest BCUT2D eigenvalue weighted by atomic mass is 19.4. The van der Waals surface area contributed by atoms with Crippen molar-refractivity contribution in [1.82, 2.24) is 9.88 Å². The van der Waals surface area contributed by atoms with Crippen LogP contribution in [0.25, 0.3) is 22.4 Å². The lowest BCUT2D eigenvalue weighted by atomic mass is 9.95. The molecule has 1 N–H and O–H groups in total. The molecule has 1 heterocycles. The molecule has 34 heavy (non-hydrogen) atoms. The summed E-state index contributed by atoms with van der Waals surface area (Å²) < 4.78 is 46.6. The number of carboxylic acid groups (broad SMARTS) is 1. The van der Waals surface area contributed by atoms with Gasteiger partial charge in [-0.3, -0.25) is 0 Å².